The van der Waals surface area contributed by atoms with Crippen LogP contribution in [0.25, 0.3) is 0 Å². The highest BCUT2D eigenvalue weighted by Gasteiger charge is 2.23. The van der Waals surface area contributed by atoms with Gasteiger partial charge >= 0.3 is 0 Å². The van der Waals surface area contributed by atoms with Gasteiger partial charge < -0.3 is 16.0 Å². The number of aryl methyl sites for hydroxylation is 1. The number of fused-ring (bicyclic) bond motifs is 1. The number of carbonyl (C=O) groups is 1. The molecule has 1 aromatic carbocycles. The Hall–Kier alpha value is -2.17. The minimum Gasteiger partial charge on any atom is -0.357 e. The van der Waals surface area contributed by atoms with Crippen molar-refractivity contribution >= 4 is 35.8 Å². The number of hydrogen-bond donors (Lipinski definition) is 3. The van der Waals surface area contributed by atoms with Crippen LogP contribution in [-0.4, -0.2) is 52.8 Å². The summed E-state index contributed by atoms with van der Waals surface area (Å²) in [6.07, 6.45) is 2.70. The molecular formula is C22H34IN7O. The first kappa shape index (κ1) is 25.1. The fraction of sp³-hybridized carbons (Fsp3) is 0.545. The third kappa shape index (κ3) is 6.91. The molecule has 0 aliphatic carbocycles. The van der Waals surface area contributed by atoms with E-state index in [0.29, 0.717) is 18.0 Å². The zero-order valence-electron chi connectivity index (χ0n) is 18.8. The molecule has 1 aliphatic heterocycles. The van der Waals surface area contributed by atoms with Crippen molar-refractivity contribution in [2.75, 3.05) is 20.1 Å². The Morgan fingerprint density at radius 3 is 2.87 bits per heavy atom. The van der Waals surface area contributed by atoms with Crippen molar-refractivity contribution in [1.29, 1.82) is 0 Å². The molecule has 1 aromatic heterocycles. The second kappa shape index (κ2) is 12.0. The van der Waals surface area contributed by atoms with Gasteiger partial charge in [0.15, 0.2) is 11.8 Å². The van der Waals surface area contributed by atoms with Crippen molar-refractivity contribution in [2.45, 2.75) is 58.5 Å². The molecule has 0 saturated heterocycles. The van der Waals surface area contributed by atoms with Gasteiger partial charge in [-0.2, -0.15) is 5.10 Å². The molecule has 3 N–H and O–H groups in total. The van der Waals surface area contributed by atoms with Gasteiger partial charge in [0.2, 0.25) is 0 Å². The average Bonchev–Trinajstić information content (AvgIpc) is 3.17. The number of halogens is 1. The van der Waals surface area contributed by atoms with Gasteiger partial charge in [0.1, 0.15) is 5.82 Å². The van der Waals surface area contributed by atoms with E-state index >= 15 is 0 Å². The second-order valence-electron chi connectivity index (χ2n) is 7.89. The molecule has 2 heterocycles. The molecule has 1 aliphatic rings. The van der Waals surface area contributed by atoms with Crippen LogP contribution in [0.5, 0.6) is 0 Å². The zero-order valence-corrected chi connectivity index (χ0v) is 21.1. The Morgan fingerprint density at radius 1 is 1.35 bits per heavy atom. The van der Waals surface area contributed by atoms with Crippen LogP contribution in [-0.2, 0) is 19.4 Å². The molecule has 0 saturated carbocycles. The predicted molar refractivity (Wildman–Crippen MR) is 134 cm³/mol. The van der Waals surface area contributed by atoms with Crippen LogP contribution in [0, 0.1) is 0 Å². The number of carbonyl (C=O) groups excluding carboxylic acids is 1. The highest BCUT2D eigenvalue weighted by atomic mass is 127. The molecule has 170 valence electrons. The SMILES string of the molecule is CCNC(=NCCc1cccc(C(=O)NC)c1)NC1CCc2nc(C(C)C)nn2C1.I. The Bertz CT molecular complexity index is 894. The van der Waals surface area contributed by atoms with Crippen LogP contribution >= 0.6 is 24.0 Å². The second-order valence-corrected chi connectivity index (χ2v) is 7.89. The van der Waals surface area contributed by atoms with Crippen molar-refractivity contribution in [1.82, 2.24) is 30.7 Å². The van der Waals surface area contributed by atoms with E-state index in [0.717, 1.165) is 55.5 Å². The van der Waals surface area contributed by atoms with Crippen molar-refractivity contribution in [2.24, 2.45) is 4.99 Å². The van der Waals surface area contributed by atoms with Crippen molar-refractivity contribution in [3.63, 3.8) is 0 Å². The lowest BCUT2D eigenvalue weighted by atomic mass is 10.1. The molecular weight excluding hydrogens is 505 g/mol. The standard InChI is InChI=1S/C22H33N7O.HI/c1-5-24-22(25-12-11-16-7-6-8-17(13-16)21(30)23-4)26-18-9-10-19-27-20(15(2)3)28-29(19)14-18;/h6-8,13,15,18H,5,9-12,14H2,1-4H3,(H,23,30)(H2,24,25,26);1H. The summed E-state index contributed by atoms with van der Waals surface area (Å²) in [6, 6.07) is 7.96. The Labute approximate surface area is 201 Å². The van der Waals surface area contributed by atoms with Crippen molar-refractivity contribution in [3.8, 4) is 0 Å². The highest BCUT2D eigenvalue weighted by molar-refractivity contribution is 14.0. The molecule has 0 spiro atoms. The molecule has 0 radical (unpaired) electrons. The number of aromatic nitrogens is 3. The summed E-state index contributed by atoms with van der Waals surface area (Å²) in [7, 11) is 1.64. The summed E-state index contributed by atoms with van der Waals surface area (Å²) >= 11 is 0. The van der Waals surface area contributed by atoms with Gasteiger partial charge in [-0.25, -0.2) is 9.67 Å². The van der Waals surface area contributed by atoms with E-state index in [-0.39, 0.29) is 35.9 Å². The lowest BCUT2D eigenvalue weighted by Gasteiger charge is -2.25. The number of benzene rings is 1. The maximum atomic E-state index is 11.8. The lowest BCUT2D eigenvalue weighted by Crippen LogP contribution is -2.47. The Balaban J connectivity index is 0.00000341. The fourth-order valence-corrected chi connectivity index (χ4v) is 3.51. The van der Waals surface area contributed by atoms with E-state index in [4.69, 9.17) is 4.99 Å². The molecule has 31 heavy (non-hydrogen) atoms. The minimum absolute atomic E-state index is 0. The summed E-state index contributed by atoms with van der Waals surface area (Å²) in [4.78, 5) is 21.2. The number of nitrogens with zero attached hydrogens (tertiary/aromatic N) is 4. The molecule has 0 fully saturated rings. The smallest absolute Gasteiger partial charge is 0.251 e. The van der Waals surface area contributed by atoms with Crippen LogP contribution in [0.3, 0.4) is 0 Å². The largest absolute Gasteiger partial charge is 0.357 e. The minimum atomic E-state index is -0.0687. The van der Waals surface area contributed by atoms with Gasteiger partial charge in [0, 0.05) is 44.1 Å². The monoisotopic (exact) mass is 539 g/mol. The molecule has 1 unspecified atom stereocenters. The first-order chi connectivity index (χ1) is 14.5. The lowest BCUT2D eigenvalue weighted by molar-refractivity contribution is 0.0963. The molecule has 8 nitrogen and oxygen atoms in total. The van der Waals surface area contributed by atoms with E-state index in [1.54, 1.807) is 7.05 Å². The van der Waals surface area contributed by atoms with Gasteiger partial charge in [-0.1, -0.05) is 26.0 Å². The predicted octanol–water partition coefficient (Wildman–Crippen LogP) is 2.49. The third-order valence-electron chi connectivity index (χ3n) is 5.16. The quantitative estimate of drug-likeness (QED) is 0.286. The number of hydrogen-bond acceptors (Lipinski definition) is 4. The van der Waals surface area contributed by atoms with E-state index in [2.05, 4.69) is 46.8 Å². The molecule has 9 heteroatoms. The first-order valence-corrected chi connectivity index (χ1v) is 10.8. The number of nitrogens with one attached hydrogen (secondary N) is 3. The van der Waals surface area contributed by atoms with Crippen LogP contribution < -0.4 is 16.0 Å². The van der Waals surface area contributed by atoms with E-state index in [1.807, 2.05) is 28.9 Å². The van der Waals surface area contributed by atoms with Crippen molar-refractivity contribution in [3.05, 3.63) is 47.0 Å². The Morgan fingerprint density at radius 2 is 2.16 bits per heavy atom. The fourth-order valence-electron chi connectivity index (χ4n) is 3.51. The highest BCUT2D eigenvalue weighted by Crippen LogP contribution is 2.17. The van der Waals surface area contributed by atoms with Crippen LogP contribution in [0.1, 0.15) is 60.7 Å². The van der Waals surface area contributed by atoms with Gasteiger partial charge in [0.05, 0.1) is 6.54 Å². The maximum absolute atomic E-state index is 11.8. The number of aliphatic imine (C=N–C) groups is 1. The van der Waals surface area contributed by atoms with Gasteiger partial charge in [-0.05, 0) is 37.5 Å². The van der Waals surface area contributed by atoms with E-state index < -0.39 is 0 Å². The molecule has 1 amide bonds. The average molecular weight is 539 g/mol. The first-order valence-electron chi connectivity index (χ1n) is 10.8. The van der Waals surface area contributed by atoms with Crippen molar-refractivity contribution < 1.29 is 4.79 Å². The normalized spacial score (nSPS) is 15.8. The van der Waals surface area contributed by atoms with Gasteiger partial charge in [0.25, 0.3) is 5.91 Å². The summed E-state index contributed by atoms with van der Waals surface area (Å²) < 4.78 is 2.03. The zero-order chi connectivity index (χ0) is 21.5. The maximum Gasteiger partial charge on any atom is 0.251 e. The summed E-state index contributed by atoms with van der Waals surface area (Å²) in [5.41, 5.74) is 1.78. The Kier molecular flexibility index (Phi) is 9.73. The molecule has 1 atom stereocenters. The van der Waals surface area contributed by atoms with E-state index in [1.165, 1.54) is 0 Å². The van der Waals surface area contributed by atoms with Crippen LogP contribution in [0.2, 0.25) is 0 Å². The summed E-state index contributed by atoms with van der Waals surface area (Å²) in [5.74, 6) is 3.09. The van der Waals surface area contributed by atoms with Crippen LogP contribution in [0.15, 0.2) is 29.3 Å². The number of rotatable bonds is 7. The molecule has 0 bridgehead atoms. The van der Waals surface area contributed by atoms with Gasteiger partial charge in [-0.3, -0.25) is 9.79 Å². The third-order valence-corrected chi connectivity index (χ3v) is 5.16. The van der Waals surface area contributed by atoms with Gasteiger partial charge in [-0.15, -0.1) is 24.0 Å². The number of amides is 1. The summed E-state index contributed by atoms with van der Waals surface area (Å²) in [5, 5.41) is 14.2. The number of guanidine groups is 1. The van der Waals surface area contributed by atoms with E-state index in [9.17, 15) is 4.79 Å². The molecule has 2 aromatic rings. The topological polar surface area (TPSA) is 96.2 Å². The molecule has 3 rings (SSSR count). The van der Waals surface area contributed by atoms with Crippen LogP contribution in [0.4, 0.5) is 0 Å². The summed E-state index contributed by atoms with van der Waals surface area (Å²) in [6.45, 7) is 8.56.